The number of likely N-dealkylation sites (tertiary alicyclic amines) is 1. The number of sulfone groups is 1. The van der Waals surface area contributed by atoms with Crippen molar-refractivity contribution in [3.63, 3.8) is 0 Å². The lowest BCUT2D eigenvalue weighted by Gasteiger charge is -2.20. The first kappa shape index (κ1) is 14.5. The molecule has 1 atom stereocenters. The lowest BCUT2D eigenvalue weighted by molar-refractivity contribution is 0.270. The number of aryl methyl sites for hydroxylation is 1. The van der Waals surface area contributed by atoms with Gasteiger partial charge in [0, 0.05) is 6.04 Å². The highest BCUT2D eigenvalue weighted by Crippen LogP contribution is 2.18. The fourth-order valence-electron chi connectivity index (χ4n) is 2.71. The summed E-state index contributed by atoms with van der Waals surface area (Å²) in [5.74, 6) is 0.250. The normalized spacial score (nSPS) is 20.8. The SMILES string of the molecule is Cc1cccc(S(=O)(=O)CCCN2CCC[C@H]2C)c1. The Morgan fingerprint density at radius 1 is 1.37 bits per heavy atom. The van der Waals surface area contributed by atoms with Gasteiger partial charge in [0.25, 0.3) is 0 Å². The molecule has 1 aliphatic rings. The van der Waals surface area contributed by atoms with Crippen molar-refractivity contribution < 1.29 is 8.42 Å². The molecule has 106 valence electrons. The number of hydrogen-bond donors (Lipinski definition) is 0. The van der Waals surface area contributed by atoms with E-state index in [1.165, 1.54) is 12.8 Å². The summed E-state index contributed by atoms with van der Waals surface area (Å²) in [6.07, 6.45) is 3.21. The first-order valence-corrected chi connectivity index (χ1v) is 8.68. The third kappa shape index (κ3) is 3.80. The van der Waals surface area contributed by atoms with Crippen LogP contribution in [0.2, 0.25) is 0 Å². The van der Waals surface area contributed by atoms with Gasteiger partial charge in [0.2, 0.25) is 0 Å². The van der Waals surface area contributed by atoms with Gasteiger partial charge in [0.15, 0.2) is 9.84 Å². The summed E-state index contributed by atoms with van der Waals surface area (Å²) in [7, 11) is -3.12. The fourth-order valence-corrected chi connectivity index (χ4v) is 4.11. The second-order valence-electron chi connectivity index (χ2n) is 5.52. The predicted molar refractivity (Wildman–Crippen MR) is 78.1 cm³/mol. The van der Waals surface area contributed by atoms with Crippen molar-refractivity contribution in [1.82, 2.24) is 4.90 Å². The van der Waals surface area contributed by atoms with Crippen molar-refractivity contribution in [3.05, 3.63) is 29.8 Å². The van der Waals surface area contributed by atoms with Crippen LogP contribution in [0.4, 0.5) is 0 Å². The number of rotatable bonds is 5. The average Bonchev–Trinajstić information content (AvgIpc) is 2.75. The molecule has 0 unspecified atom stereocenters. The Morgan fingerprint density at radius 2 is 2.16 bits per heavy atom. The Balaban J connectivity index is 1.91. The molecule has 0 aliphatic carbocycles. The molecule has 2 rings (SSSR count). The minimum atomic E-state index is -3.12. The van der Waals surface area contributed by atoms with Crippen LogP contribution >= 0.6 is 0 Å². The lowest BCUT2D eigenvalue weighted by Crippen LogP contribution is -2.29. The van der Waals surface area contributed by atoms with Crippen molar-refractivity contribution in [2.24, 2.45) is 0 Å². The molecule has 0 radical (unpaired) electrons. The Labute approximate surface area is 116 Å². The summed E-state index contributed by atoms with van der Waals surface area (Å²) in [5.41, 5.74) is 0.995. The number of nitrogens with zero attached hydrogens (tertiary/aromatic N) is 1. The van der Waals surface area contributed by atoms with Crippen LogP contribution in [0.1, 0.15) is 31.7 Å². The Kier molecular flexibility index (Phi) is 4.63. The van der Waals surface area contributed by atoms with E-state index in [-0.39, 0.29) is 5.75 Å². The third-order valence-electron chi connectivity index (χ3n) is 3.90. The van der Waals surface area contributed by atoms with E-state index < -0.39 is 9.84 Å². The molecule has 0 aromatic heterocycles. The van der Waals surface area contributed by atoms with Gasteiger partial charge in [-0.25, -0.2) is 8.42 Å². The summed E-state index contributed by atoms with van der Waals surface area (Å²) in [5, 5.41) is 0. The third-order valence-corrected chi connectivity index (χ3v) is 5.70. The van der Waals surface area contributed by atoms with E-state index in [1.54, 1.807) is 12.1 Å². The van der Waals surface area contributed by atoms with Crippen LogP contribution in [-0.4, -0.2) is 38.2 Å². The molecule has 0 saturated carbocycles. The maximum atomic E-state index is 12.2. The predicted octanol–water partition coefficient (Wildman–Crippen LogP) is 2.64. The van der Waals surface area contributed by atoms with Crippen molar-refractivity contribution in [1.29, 1.82) is 0 Å². The fraction of sp³-hybridized carbons (Fsp3) is 0.600. The van der Waals surface area contributed by atoms with Gasteiger partial charge in [-0.2, -0.15) is 0 Å². The van der Waals surface area contributed by atoms with Crippen LogP contribution < -0.4 is 0 Å². The monoisotopic (exact) mass is 281 g/mol. The van der Waals surface area contributed by atoms with E-state index in [0.717, 1.165) is 25.1 Å². The molecule has 1 aromatic rings. The molecule has 0 amide bonds. The van der Waals surface area contributed by atoms with E-state index in [4.69, 9.17) is 0 Å². The number of benzene rings is 1. The van der Waals surface area contributed by atoms with Crippen LogP contribution in [0.3, 0.4) is 0 Å². The van der Waals surface area contributed by atoms with Crippen molar-refractivity contribution in [2.45, 2.75) is 44.0 Å². The van der Waals surface area contributed by atoms with Gasteiger partial charge >= 0.3 is 0 Å². The van der Waals surface area contributed by atoms with Gasteiger partial charge in [0.1, 0.15) is 0 Å². The second kappa shape index (κ2) is 6.06. The Hall–Kier alpha value is -0.870. The van der Waals surface area contributed by atoms with Gasteiger partial charge in [-0.3, -0.25) is 0 Å². The quantitative estimate of drug-likeness (QED) is 0.832. The summed E-state index contributed by atoms with van der Waals surface area (Å²) < 4.78 is 24.4. The average molecular weight is 281 g/mol. The molecule has 1 aliphatic heterocycles. The molecule has 0 bridgehead atoms. The summed E-state index contributed by atoms with van der Waals surface area (Å²) in [6, 6.07) is 7.80. The van der Waals surface area contributed by atoms with E-state index in [9.17, 15) is 8.42 Å². The van der Waals surface area contributed by atoms with Crippen LogP contribution in [-0.2, 0) is 9.84 Å². The van der Waals surface area contributed by atoms with E-state index in [0.29, 0.717) is 10.9 Å². The Morgan fingerprint density at radius 3 is 2.79 bits per heavy atom. The molecule has 0 N–H and O–H groups in total. The van der Waals surface area contributed by atoms with Crippen molar-refractivity contribution >= 4 is 9.84 Å². The molecule has 1 aromatic carbocycles. The number of hydrogen-bond acceptors (Lipinski definition) is 3. The second-order valence-corrected chi connectivity index (χ2v) is 7.63. The minimum Gasteiger partial charge on any atom is -0.301 e. The van der Waals surface area contributed by atoms with Gasteiger partial charge in [0.05, 0.1) is 10.6 Å². The molecule has 4 heteroatoms. The lowest BCUT2D eigenvalue weighted by atomic mass is 10.2. The van der Waals surface area contributed by atoms with Crippen LogP contribution in [0.5, 0.6) is 0 Å². The maximum absolute atomic E-state index is 12.2. The zero-order chi connectivity index (χ0) is 13.9. The summed E-state index contributed by atoms with van der Waals surface area (Å²) in [6.45, 7) is 6.16. The molecular formula is C15H23NO2S. The van der Waals surface area contributed by atoms with Crippen molar-refractivity contribution in [2.75, 3.05) is 18.8 Å². The molecule has 3 nitrogen and oxygen atoms in total. The molecule has 19 heavy (non-hydrogen) atoms. The molecule has 1 heterocycles. The van der Waals surface area contributed by atoms with E-state index in [1.807, 2.05) is 19.1 Å². The topological polar surface area (TPSA) is 37.4 Å². The van der Waals surface area contributed by atoms with Crippen LogP contribution in [0.15, 0.2) is 29.2 Å². The summed E-state index contributed by atoms with van der Waals surface area (Å²) in [4.78, 5) is 2.85. The Bertz CT molecular complexity index is 525. The highest BCUT2D eigenvalue weighted by Gasteiger charge is 2.21. The van der Waals surface area contributed by atoms with Crippen LogP contribution in [0, 0.1) is 6.92 Å². The van der Waals surface area contributed by atoms with Gasteiger partial charge in [-0.1, -0.05) is 12.1 Å². The van der Waals surface area contributed by atoms with Crippen LogP contribution in [0.25, 0.3) is 0 Å². The molecule has 1 fully saturated rings. The first-order chi connectivity index (χ1) is 8.99. The standard InChI is InChI=1S/C15H23NO2S/c1-13-6-3-8-15(12-13)19(17,18)11-5-10-16-9-4-7-14(16)2/h3,6,8,12,14H,4-5,7,9-11H2,1-2H3/t14-/m1/s1. The van der Waals surface area contributed by atoms with Crippen molar-refractivity contribution in [3.8, 4) is 0 Å². The highest BCUT2D eigenvalue weighted by molar-refractivity contribution is 7.91. The zero-order valence-electron chi connectivity index (χ0n) is 11.8. The zero-order valence-corrected chi connectivity index (χ0v) is 12.6. The highest BCUT2D eigenvalue weighted by atomic mass is 32.2. The molecule has 0 spiro atoms. The molecular weight excluding hydrogens is 258 g/mol. The molecule has 1 saturated heterocycles. The van der Waals surface area contributed by atoms with E-state index in [2.05, 4.69) is 11.8 Å². The largest absolute Gasteiger partial charge is 0.301 e. The van der Waals surface area contributed by atoms with E-state index >= 15 is 0 Å². The van der Waals surface area contributed by atoms with Gasteiger partial charge < -0.3 is 4.90 Å². The maximum Gasteiger partial charge on any atom is 0.178 e. The van der Waals surface area contributed by atoms with Gasteiger partial charge in [-0.15, -0.1) is 0 Å². The van der Waals surface area contributed by atoms with Gasteiger partial charge in [-0.05, 0) is 63.9 Å². The minimum absolute atomic E-state index is 0.250. The smallest absolute Gasteiger partial charge is 0.178 e. The first-order valence-electron chi connectivity index (χ1n) is 7.02. The summed E-state index contributed by atoms with van der Waals surface area (Å²) >= 11 is 0.